The van der Waals surface area contributed by atoms with Crippen LogP contribution in [0.5, 0.6) is 0 Å². The Hall–Kier alpha value is -2.60. The van der Waals surface area contributed by atoms with Gasteiger partial charge in [-0.25, -0.2) is 4.98 Å². The molecule has 0 saturated heterocycles. The van der Waals surface area contributed by atoms with Gasteiger partial charge in [0.05, 0.1) is 11.4 Å². The quantitative estimate of drug-likeness (QED) is 0.632. The normalized spacial score (nSPS) is 12.6. The van der Waals surface area contributed by atoms with Crippen LogP contribution in [-0.2, 0) is 12.5 Å². The van der Waals surface area contributed by atoms with Gasteiger partial charge in [-0.15, -0.1) is 20.0 Å². The molecule has 0 aliphatic heterocycles. The van der Waals surface area contributed by atoms with Gasteiger partial charge in [-0.1, -0.05) is 46.0 Å². The number of hydrogen-bond acceptors (Lipinski definition) is 7. The lowest BCUT2D eigenvalue weighted by atomic mass is 9.91. The van der Waals surface area contributed by atoms with Crippen LogP contribution in [0.15, 0.2) is 10.2 Å². The van der Waals surface area contributed by atoms with Crippen LogP contribution in [0.3, 0.4) is 0 Å². The minimum Gasteiger partial charge on any atom is -0.312 e. The maximum absolute atomic E-state index is 9.09. The number of azo groups is 1. The van der Waals surface area contributed by atoms with Crippen molar-refractivity contribution in [1.29, 1.82) is 5.26 Å². The zero-order valence-electron chi connectivity index (χ0n) is 16.1. The van der Waals surface area contributed by atoms with E-state index in [1.165, 1.54) is 11.3 Å². The van der Waals surface area contributed by atoms with Crippen molar-refractivity contribution in [3.8, 4) is 6.07 Å². The Labute approximate surface area is 156 Å². The lowest BCUT2D eigenvalue weighted by Crippen LogP contribution is -2.13. The Morgan fingerprint density at radius 1 is 1.19 bits per heavy atom. The molecule has 3 aromatic rings. The number of nitriles is 1. The van der Waals surface area contributed by atoms with E-state index in [0.717, 1.165) is 17.2 Å². The van der Waals surface area contributed by atoms with E-state index in [1.807, 2.05) is 11.6 Å². The number of thiazole rings is 1. The van der Waals surface area contributed by atoms with Gasteiger partial charge in [-0.05, 0) is 6.92 Å². The molecule has 136 valence electrons. The highest BCUT2D eigenvalue weighted by Crippen LogP contribution is 2.36. The molecule has 0 saturated carbocycles. The molecular weight excluding hydrogens is 348 g/mol. The summed E-state index contributed by atoms with van der Waals surface area (Å²) in [7, 11) is 1.96. The predicted octanol–water partition coefficient (Wildman–Crippen LogP) is 4.54. The molecule has 8 nitrogen and oxygen atoms in total. The summed E-state index contributed by atoms with van der Waals surface area (Å²) in [6.45, 7) is 12.2. The number of hydrogen-bond donors (Lipinski definition) is 0. The topological polar surface area (TPSA) is 96.5 Å². The summed E-state index contributed by atoms with van der Waals surface area (Å²) < 4.78 is 3.65. The lowest BCUT2D eigenvalue weighted by molar-refractivity contribution is 0.555. The molecule has 0 unspecified atom stereocenters. The first-order valence-corrected chi connectivity index (χ1v) is 9.20. The van der Waals surface area contributed by atoms with Crippen LogP contribution in [0.2, 0.25) is 0 Å². The summed E-state index contributed by atoms with van der Waals surface area (Å²) in [4.78, 5) is 4.85. The largest absolute Gasteiger partial charge is 0.312 e. The van der Waals surface area contributed by atoms with Crippen molar-refractivity contribution < 1.29 is 0 Å². The Morgan fingerprint density at radius 2 is 1.88 bits per heavy atom. The van der Waals surface area contributed by atoms with Crippen LogP contribution in [0.25, 0.3) is 5.65 Å². The second-order valence-corrected chi connectivity index (χ2v) is 8.53. The van der Waals surface area contributed by atoms with E-state index < -0.39 is 0 Å². The van der Waals surface area contributed by atoms with Crippen LogP contribution in [0.1, 0.15) is 62.6 Å². The molecule has 0 aliphatic rings. The van der Waals surface area contributed by atoms with Crippen molar-refractivity contribution in [2.75, 3.05) is 0 Å². The Kier molecular flexibility index (Phi) is 4.40. The van der Waals surface area contributed by atoms with Crippen molar-refractivity contribution in [2.45, 2.75) is 52.9 Å². The first kappa shape index (κ1) is 18.2. The number of fused-ring (bicyclic) bond motifs is 1. The molecule has 0 aliphatic carbocycles. The molecule has 0 aromatic carbocycles. The molecular formula is C17H22N8S. The molecule has 0 N–H and O–H groups in total. The Bertz CT molecular complexity index is 1040. The van der Waals surface area contributed by atoms with Gasteiger partial charge in [0.25, 0.3) is 0 Å². The predicted molar refractivity (Wildman–Crippen MR) is 100 cm³/mol. The maximum atomic E-state index is 9.09. The molecule has 0 fully saturated rings. The molecule has 9 heteroatoms. The van der Waals surface area contributed by atoms with Gasteiger partial charge >= 0.3 is 0 Å². The highest BCUT2D eigenvalue weighted by atomic mass is 32.1. The fourth-order valence-electron chi connectivity index (χ4n) is 2.75. The molecule has 3 aromatic heterocycles. The maximum Gasteiger partial charge on any atom is 0.231 e. The smallest absolute Gasteiger partial charge is 0.231 e. The minimum atomic E-state index is -0.212. The summed E-state index contributed by atoms with van der Waals surface area (Å²) in [6.07, 6.45) is 0. The van der Waals surface area contributed by atoms with E-state index in [0.29, 0.717) is 21.4 Å². The summed E-state index contributed by atoms with van der Waals surface area (Å²) in [5, 5.41) is 27.6. The molecule has 0 bridgehead atoms. The second-order valence-electron chi connectivity index (χ2n) is 7.55. The third-order valence-electron chi connectivity index (χ3n) is 4.03. The summed E-state index contributed by atoms with van der Waals surface area (Å²) in [5.74, 6) is 1.20. The van der Waals surface area contributed by atoms with Gasteiger partial charge in [0.2, 0.25) is 5.13 Å². The highest BCUT2D eigenvalue weighted by molar-refractivity contribution is 7.15. The van der Waals surface area contributed by atoms with Crippen molar-refractivity contribution in [3.63, 3.8) is 0 Å². The average Bonchev–Trinajstić information content (AvgIpc) is 3.17. The zero-order valence-corrected chi connectivity index (χ0v) is 16.9. The lowest BCUT2D eigenvalue weighted by Gasteiger charge is -2.15. The van der Waals surface area contributed by atoms with E-state index in [4.69, 9.17) is 5.26 Å². The number of nitrogens with zero attached hydrogens (tertiary/aromatic N) is 8. The van der Waals surface area contributed by atoms with Crippen molar-refractivity contribution in [1.82, 2.24) is 24.4 Å². The van der Waals surface area contributed by atoms with E-state index in [1.54, 1.807) is 11.6 Å². The summed E-state index contributed by atoms with van der Waals surface area (Å²) >= 11 is 1.23. The van der Waals surface area contributed by atoms with E-state index >= 15 is 0 Å². The fraction of sp³-hybridized carbons (Fsp3) is 0.529. The third-order valence-corrected chi connectivity index (χ3v) is 4.97. The summed E-state index contributed by atoms with van der Waals surface area (Å²) in [5.41, 5.74) is 2.77. The van der Waals surface area contributed by atoms with E-state index in [-0.39, 0.29) is 11.3 Å². The zero-order chi connectivity index (χ0) is 19.2. The molecule has 0 amide bonds. The first-order chi connectivity index (χ1) is 12.1. The number of aromatic nitrogens is 5. The molecule has 3 heterocycles. The van der Waals surface area contributed by atoms with E-state index in [2.05, 4.69) is 66.1 Å². The van der Waals surface area contributed by atoms with Crippen molar-refractivity contribution in [3.05, 3.63) is 22.1 Å². The fourth-order valence-corrected chi connectivity index (χ4v) is 3.43. The van der Waals surface area contributed by atoms with Gasteiger partial charge in [-0.2, -0.15) is 10.4 Å². The second kappa shape index (κ2) is 6.29. The highest BCUT2D eigenvalue weighted by Gasteiger charge is 2.28. The van der Waals surface area contributed by atoms with Crippen molar-refractivity contribution in [2.24, 2.45) is 17.3 Å². The number of aryl methyl sites for hydroxylation is 2. The van der Waals surface area contributed by atoms with Crippen LogP contribution in [-0.4, -0.2) is 24.4 Å². The van der Waals surface area contributed by atoms with Crippen molar-refractivity contribution >= 4 is 27.8 Å². The SMILES string of the molecule is Cc1nc(/N=N/c2c(C(C)(C)C)nn3nc(C(C)C)n(C)c23)sc1C#N. The van der Waals surface area contributed by atoms with Crippen LogP contribution in [0, 0.1) is 18.3 Å². The van der Waals surface area contributed by atoms with Crippen LogP contribution >= 0.6 is 11.3 Å². The third kappa shape index (κ3) is 3.01. The van der Waals surface area contributed by atoms with Gasteiger partial charge < -0.3 is 4.57 Å². The summed E-state index contributed by atoms with van der Waals surface area (Å²) in [6, 6.07) is 2.12. The standard InChI is InChI=1S/C17H22N8S/c1-9(2)14-23-25-15(24(14)7)12(13(22-25)17(4,5)6)20-21-16-19-10(3)11(8-18)26-16/h9H,1-7H3/b21-20+. The molecule has 0 atom stereocenters. The molecule has 3 rings (SSSR count). The molecule has 26 heavy (non-hydrogen) atoms. The van der Waals surface area contributed by atoms with Crippen LogP contribution < -0.4 is 0 Å². The van der Waals surface area contributed by atoms with Gasteiger partial charge in [0, 0.05) is 18.4 Å². The Balaban J connectivity index is 2.18. The van der Waals surface area contributed by atoms with Gasteiger partial charge in [0.15, 0.2) is 11.3 Å². The molecule has 0 radical (unpaired) electrons. The average molecular weight is 370 g/mol. The monoisotopic (exact) mass is 370 g/mol. The van der Waals surface area contributed by atoms with Gasteiger partial charge in [0.1, 0.15) is 16.8 Å². The minimum absolute atomic E-state index is 0.212. The first-order valence-electron chi connectivity index (χ1n) is 8.38. The van der Waals surface area contributed by atoms with Crippen LogP contribution in [0.4, 0.5) is 10.8 Å². The van der Waals surface area contributed by atoms with E-state index in [9.17, 15) is 0 Å². The molecule has 0 spiro atoms. The number of rotatable bonds is 3. The Morgan fingerprint density at radius 3 is 2.42 bits per heavy atom. The van der Waals surface area contributed by atoms with Gasteiger partial charge in [-0.3, -0.25) is 0 Å².